The van der Waals surface area contributed by atoms with Gasteiger partial charge in [-0.2, -0.15) is 0 Å². The van der Waals surface area contributed by atoms with Crippen molar-refractivity contribution < 1.29 is 14.3 Å². The first-order valence-corrected chi connectivity index (χ1v) is 7.25. The fraction of sp³-hybridized carbons (Fsp3) is 0.538. The lowest BCUT2D eigenvalue weighted by atomic mass is 10.2. The van der Waals surface area contributed by atoms with Crippen molar-refractivity contribution in [2.75, 3.05) is 39.4 Å². The molecule has 0 aliphatic carbocycles. The summed E-state index contributed by atoms with van der Waals surface area (Å²) in [6, 6.07) is 1.59. The number of nitrogen functional groups attached to an aromatic ring is 1. The van der Waals surface area contributed by atoms with E-state index in [1.54, 1.807) is 31.4 Å². The van der Waals surface area contributed by atoms with Crippen molar-refractivity contribution >= 4 is 27.7 Å². The van der Waals surface area contributed by atoms with Crippen molar-refractivity contribution in [3.8, 4) is 0 Å². The van der Waals surface area contributed by atoms with E-state index in [4.69, 9.17) is 15.3 Å². The summed E-state index contributed by atoms with van der Waals surface area (Å²) in [4.78, 5) is 18.5. The second-order valence-corrected chi connectivity index (χ2v) is 5.41. The average molecular weight is 361 g/mol. The molecular weight excluding hydrogens is 340 g/mol. The second-order valence-electron chi connectivity index (χ2n) is 4.49. The van der Waals surface area contributed by atoms with Crippen LogP contribution in [0.3, 0.4) is 0 Å². The van der Waals surface area contributed by atoms with E-state index in [9.17, 15) is 4.79 Å². The number of pyridine rings is 1. The molecular formula is C13H21BrN4O3. The number of nitrogens with zero attached hydrogens (tertiary/aromatic N) is 2. The van der Waals surface area contributed by atoms with Gasteiger partial charge in [-0.3, -0.25) is 4.79 Å². The number of anilines is 1. The maximum Gasteiger partial charge on any atom is 0.258 e. The number of amides is 1. The normalized spacial score (nSPS) is 12.0. The molecule has 0 radical (unpaired) electrons. The zero-order valence-electron chi connectivity index (χ0n) is 12.4. The van der Waals surface area contributed by atoms with Crippen molar-refractivity contribution in [1.82, 2.24) is 9.88 Å². The number of aromatic nitrogens is 1. The molecule has 0 fully saturated rings. The van der Waals surface area contributed by atoms with Crippen molar-refractivity contribution in [1.29, 1.82) is 0 Å². The topological polar surface area (TPSA) is 89.7 Å². The molecule has 21 heavy (non-hydrogen) atoms. The van der Waals surface area contributed by atoms with Gasteiger partial charge < -0.3 is 19.8 Å². The highest BCUT2D eigenvalue weighted by molar-refractivity contribution is 9.10. The SMILES string of the molecule is COCCN(C(=O)c1cc(Br)cnc1NN)C(C)COC. The van der Waals surface area contributed by atoms with Gasteiger partial charge in [0.05, 0.1) is 24.8 Å². The molecule has 0 spiro atoms. The van der Waals surface area contributed by atoms with Gasteiger partial charge in [-0.25, -0.2) is 10.8 Å². The lowest BCUT2D eigenvalue weighted by Gasteiger charge is -2.29. The Balaban J connectivity index is 3.06. The number of methoxy groups -OCH3 is 2. The van der Waals surface area contributed by atoms with E-state index in [2.05, 4.69) is 26.3 Å². The fourth-order valence-electron chi connectivity index (χ4n) is 1.91. The van der Waals surface area contributed by atoms with Crippen LogP contribution < -0.4 is 11.3 Å². The summed E-state index contributed by atoms with van der Waals surface area (Å²) < 4.78 is 10.9. The molecule has 1 heterocycles. The summed E-state index contributed by atoms with van der Waals surface area (Å²) in [6.45, 7) is 3.24. The highest BCUT2D eigenvalue weighted by atomic mass is 79.9. The van der Waals surface area contributed by atoms with E-state index >= 15 is 0 Å². The Morgan fingerprint density at radius 2 is 2.24 bits per heavy atom. The second kappa shape index (κ2) is 8.93. The van der Waals surface area contributed by atoms with Gasteiger partial charge >= 0.3 is 0 Å². The number of halogens is 1. The van der Waals surface area contributed by atoms with E-state index in [-0.39, 0.29) is 11.9 Å². The summed E-state index contributed by atoms with van der Waals surface area (Å²) in [6.07, 6.45) is 1.57. The van der Waals surface area contributed by atoms with Gasteiger partial charge in [0.15, 0.2) is 5.82 Å². The van der Waals surface area contributed by atoms with Crippen LogP contribution in [-0.2, 0) is 9.47 Å². The minimum atomic E-state index is -0.182. The van der Waals surface area contributed by atoms with Crippen molar-refractivity contribution in [3.05, 3.63) is 22.3 Å². The van der Waals surface area contributed by atoms with Crippen LogP contribution in [0.1, 0.15) is 17.3 Å². The zero-order chi connectivity index (χ0) is 15.8. The highest BCUT2D eigenvalue weighted by Crippen LogP contribution is 2.20. The van der Waals surface area contributed by atoms with E-state index in [0.717, 1.165) is 0 Å². The molecule has 1 aromatic heterocycles. The quantitative estimate of drug-likeness (QED) is 0.535. The molecule has 0 bridgehead atoms. The van der Waals surface area contributed by atoms with E-state index in [1.165, 1.54) is 0 Å². The van der Waals surface area contributed by atoms with Gasteiger partial charge in [-0.1, -0.05) is 0 Å². The van der Waals surface area contributed by atoms with Crippen LogP contribution in [-0.4, -0.2) is 55.8 Å². The van der Waals surface area contributed by atoms with Crippen LogP contribution in [0.25, 0.3) is 0 Å². The van der Waals surface area contributed by atoms with Gasteiger partial charge in [0.25, 0.3) is 5.91 Å². The van der Waals surface area contributed by atoms with Gasteiger partial charge in [0.1, 0.15) is 0 Å². The lowest BCUT2D eigenvalue weighted by molar-refractivity contribution is 0.0480. The minimum Gasteiger partial charge on any atom is -0.383 e. The smallest absolute Gasteiger partial charge is 0.258 e. The molecule has 1 atom stereocenters. The molecule has 0 aliphatic heterocycles. The molecule has 118 valence electrons. The van der Waals surface area contributed by atoms with Crippen molar-refractivity contribution in [2.24, 2.45) is 5.84 Å². The van der Waals surface area contributed by atoms with Crippen LogP contribution in [0.4, 0.5) is 5.82 Å². The number of carbonyl (C=O) groups is 1. The van der Waals surface area contributed by atoms with Gasteiger partial charge in [0, 0.05) is 31.4 Å². The van der Waals surface area contributed by atoms with E-state index < -0.39 is 0 Å². The van der Waals surface area contributed by atoms with Crippen LogP contribution >= 0.6 is 15.9 Å². The van der Waals surface area contributed by atoms with Gasteiger partial charge in [0.2, 0.25) is 0 Å². The molecule has 8 heteroatoms. The average Bonchev–Trinajstić information content (AvgIpc) is 2.47. The van der Waals surface area contributed by atoms with Crippen molar-refractivity contribution in [2.45, 2.75) is 13.0 Å². The van der Waals surface area contributed by atoms with Crippen LogP contribution in [0, 0.1) is 0 Å². The van der Waals surface area contributed by atoms with Crippen molar-refractivity contribution in [3.63, 3.8) is 0 Å². The van der Waals surface area contributed by atoms with Crippen LogP contribution in [0.2, 0.25) is 0 Å². The molecule has 1 unspecified atom stereocenters. The number of hydrazine groups is 1. The summed E-state index contributed by atoms with van der Waals surface area (Å²) in [5.74, 6) is 5.57. The van der Waals surface area contributed by atoms with E-state index in [1.807, 2.05) is 6.92 Å². The number of ether oxygens (including phenoxy) is 2. The minimum absolute atomic E-state index is 0.0951. The standard InChI is InChI=1S/C13H21BrN4O3/c1-9(8-21-3)18(4-5-20-2)13(19)11-6-10(14)7-16-12(11)17-15/h6-7,9H,4-5,8,15H2,1-3H3,(H,16,17). The first-order valence-electron chi connectivity index (χ1n) is 6.46. The predicted molar refractivity (Wildman–Crippen MR) is 84.0 cm³/mol. The molecule has 1 aromatic rings. The predicted octanol–water partition coefficient (Wildman–Crippen LogP) is 1.25. The number of nitrogens with one attached hydrogen (secondary N) is 1. The molecule has 0 aliphatic rings. The molecule has 0 aromatic carbocycles. The third kappa shape index (κ3) is 4.92. The Morgan fingerprint density at radius 1 is 1.52 bits per heavy atom. The van der Waals surface area contributed by atoms with Crippen LogP contribution in [0.15, 0.2) is 16.7 Å². The van der Waals surface area contributed by atoms with Gasteiger partial charge in [-0.05, 0) is 28.9 Å². The maximum atomic E-state index is 12.8. The van der Waals surface area contributed by atoms with E-state index in [0.29, 0.717) is 35.6 Å². The Morgan fingerprint density at radius 3 is 2.81 bits per heavy atom. The zero-order valence-corrected chi connectivity index (χ0v) is 14.0. The Kier molecular flexibility index (Phi) is 7.58. The molecule has 7 nitrogen and oxygen atoms in total. The van der Waals surface area contributed by atoms with Gasteiger partial charge in [-0.15, -0.1) is 0 Å². The Hall–Kier alpha value is -1.22. The molecule has 1 rings (SSSR count). The summed E-state index contributed by atoms with van der Waals surface area (Å²) >= 11 is 3.31. The lowest BCUT2D eigenvalue weighted by Crippen LogP contribution is -2.43. The fourth-order valence-corrected chi connectivity index (χ4v) is 2.25. The molecule has 3 N–H and O–H groups in total. The molecule has 1 amide bonds. The van der Waals surface area contributed by atoms with Crippen LogP contribution in [0.5, 0.6) is 0 Å². The third-order valence-electron chi connectivity index (χ3n) is 2.96. The first-order chi connectivity index (χ1) is 10.0. The largest absolute Gasteiger partial charge is 0.383 e. The first kappa shape index (κ1) is 17.8. The number of hydrogen-bond acceptors (Lipinski definition) is 6. The summed E-state index contributed by atoms with van der Waals surface area (Å²) in [7, 11) is 3.19. The number of hydrogen-bond donors (Lipinski definition) is 2. The third-order valence-corrected chi connectivity index (χ3v) is 3.39. The molecule has 0 saturated heterocycles. The maximum absolute atomic E-state index is 12.8. The number of carbonyl (C=O) groups excluding carboxylic acids is 1. The summed E-state index contributed by atoms with van der Waals surface area (Å²) in [5.41, 5.74) is 2.84. The monoisotopic (exact) mass is 360 g/mol. The molecule has 0 saturated carbocycles. The highest BCUT2D eigenvalue weighted by Gasteiger charge is 2.24. The number of rotatable bonds is 8. The Bertz CT molecular complexity index is 473. The summed E-state index contributed by atoms with van der Waals surface area (Å²) in [5, 5.41) is 0. The number of nitrogens with two attached hydrogens (primary N) is 1. The Labute approximate surface area is 132 Å².